The summed E-state index contributed by atoms with van der Waals surface area (Å²) in [6.45, 7) is 6.12. The van der Waals surface area contributed by atoms with Crippen LogP contribution >= 0.6 is 11.3 Å². The van der Waals surface area contributed by atoms with E-state index in [1.807, 2.05) is 31.2 Å². The molecule has 0 aliphatic heterocycles. The zero-order valence-electron chi connectivity index (χ0n) is 13.4. The molecule has 0 spiro atoms. The Morgan fingerprint density at radius 1 is 1.35 bits per heavy atom. The lowest BCUT2D eigenvalue weighted by Crippen LogP contribution is -2.12. The SMILES string of the molecule is Cc1cccc(NC(=O)CCc2nn3c(C(C)C)nnc3s2)c1. The van der Waals surface area contributed by atoms with Crippen LogP contribution in [0.3, 0.4) is 0 Å². The molecular formula is C16H19N5OS. The molecule has 1 N–H and O–H groups in total. The Morgan fingerprint density at radius 2 is 2.17 bits per heavy atom. The number of hydrogen-bond donors (Lipinski definition) is 1. The maximum atomic E-state index is 12.1. The molecule has 0 fully saturated rings. The third-order valence-electron chi connectivity index (χ3n) is 3.44. The fraction of sp³-hybridized carbons (Fsp3) is 0.375. The van der Waals surface area contributed by atoms with Gasteiger partial charge < -0.3 is 5.32 Å². The van der Waals surface area contributed by atoms with Gasteiger partial charge in [-0.15, -0.1) is 10.2 Å². The van der Waals surface area contributed by atoms with Crippen LogP contribution in [-0.4, -0.2) is 25.7 Å². The van der Waals surface area contributed by atoms with E-state index in [-0.39, 0.29) is 11.8 Å². The predicted octanol–water partition coefficient (Wildman–Crippen LogP) is 3.19. The van der Waals surface area contributed by atoms with Crippen molar-refractivity contribution in [2.24, 2.45) is 0 Å². The molecule has 23 heavy (non-hydrogen) atoms. The van der Waals surface area contributed by atoms with E-state index in [1.165, 1.54) is 11.3 Å². The van der Waals surface area contributed by atoms with Crippen LogP contribution in [0.1, 0.15) is 42.6 Å². The van der Waals surface area contributed by atoms with Crippen molar-refractivity contribution >= 4 is 27.9 Å². The number of fused-ring (bicyclic) bond motifs is 1. The summed E-state index contributed by atoms with van der Waals surface area (Å²) in [6.07, 6.45) is 0.998. The first-order valence-electron chi connectivity index (χ1n) is 7.60. The molecule has 0 bridgehead atoms. The number of rotatable bonds is 5. The summed E-state index contributed by atoms with van der Waals surface area (Å²) in [5.74, 6) is 1.11. The van der Waals surface area contributed by atoms with Crippen molar-refractivity contribution in [1.29, 1.82) is 0 Å². The molecule has 0 aliphatic carbocycles. The molecule has 120 valence electrons. The van der Waals surface area contributed by atoms with E-state index in [1.54, 1.807) is 4.52 Å². The molecule has 1 aromatic carbocycles. The van der Waals surface area contributed by atoms with E-state index < -0.39 is 0 Å². The molecule has 6 nitrogen and oxygen atoms in total. The highest BCUT2D eigenvalue weighted by atomic mass is 32.1. The lowest BCUT2D eigenvalue weighted by Gasteiger charge is -2.05. The second kappa shape index (κ2) is 6.45. The van der Waals surface area contributed by atoms with Gasteiger partial charge in [0.25, 0.3) is 0 Å². The summed E-state index contributed by atoms with van der Waals surface area (Å²) in [6, 6.07) is 7.78. The number of amides is 1. The van der Waals surface area contributed by atoms with Crippen molar-refractivity contribution in [3.05, 3.63) is 40.7 Å². The Kier molecular flexibility index (Phi) is 4.38. The van der Waals surface area contributed by atoms with Crippen LogP contribution in [0.5, 0.6) is 0 Å². The maximum absolute atomic E-state index is 12.1. The van der Waals surface area contributed by atoms with E-state index in [9.17, 15) is 4.79 Å². The van der Waals surface area contributed by atoms with Crippen molar-refractivity contribution in [1.82, 2.24) is 19.8 Å². The number of benzene rings is 1. The average molecular weight is 329 g/mol. The number of nitrogens with zero attached hydrogens (tertiary/aromatic N) is 4. The molecule has 0 saturated heterocycles. The number of aromatic nitrogens is 4. The van der Waals surface area contributed by atoms with Crippen molar-refractivity contribution in [2.45, 2.75) is 39.5 Å². The molecule has 7 heteroatoms. The maximum Gasteiger partial charge on any atom is 0.234 e. The number of aryl methyl sites for hydroxylation is 2. The van der Waals surface area contributed by atoms with Gasteiger partial charge in [0.2, 0.25) is 10.9 Å². The van der Waals surface area contributed by atoms with Crippen LogP contribution in [0, 0.1) is 6.92 Å². The predicted molar refractivity (Wildman–Crippen MR) is 90.9 cm³/mol. The summed E-state index contributed by atoms with van der Waals surface area (Å²) in [4.78, 5) is 12.8. The number of carbonyl (C=O) groups is 1. The van der Waals surface area contributed by atoms with Gasteiger partial charge in [0.05, 0.1) is 0 Å². The lowest BCUT2D eigenvalue weighted by molar-refractivity contribution is -0.116. The molecule has 2 aromatic heterocycles. The van der Waals surface area contributed by atoms with Gasteiger partial charge in [-0.25, -0.2) is 0 Å². The first-order valence-corrected chi connectivity index (χ1v) is 8.42. The van der Waals surface area contributed by atoms with Gasteiger partial charge >= 0.3 is 0 Å². The monoisotopic (exact) mass is 329 g/mol. The van der Waals surface area contributed by atoms with Gasteiger partial charge in [-0.3, -0.25) is 4.79 Å². The normalized spacial score (nSPS) is 11.3. The minimum Gasteiger partial charge on any atom is -0.326 e. The molecule has 1 amide bonds. The molecule has 3 rings (SSSR count). The lowest BCUT2D eigenvalue weighted by atomic mass is 10.2. The molecule has 0 unspecified atom stereocenters. The molecular weight excluding hydrogens is 310 g/mol. The molecule has 3 aromatic rings. The average Bonchev–Trinajstić information content (AvgIpc) is 3.04. The fourth-order valence-electron chi connectivity index (χ4n) is 2.30. The van der Waals surface area contributed by atoms with Gasteiger partial charge in [0.15, 0.2) is 5.82 Å². The van der Waals surface area contributed by atoms with Crippen LogP contribution in [0.4, 0.5) is 5.69 Å². The first-order chi connectivity index (χ1) is 11.0. The third kappa shape index (κ3) is 3.56. The fourth-order valence-corrected chi connectivity index (χ4v) is 3.14. The Labute approximate surface area is 138 Å². The zero-order chi connectivity index (χ0) is 16.4. The van der Waals surface area contributed by atoms with Crippen molar-refractivity contribution in [3.8, 4) is 0 Å². The standard InChI is InChI=1S/C16H19N5OS/c1-10(2)15-18-19-16-21(15)20-14(23-16)8-7-13(22)17-12-6-4-5-11(3)9-12/h4-6,9-10H,7-8H2,1-3H3,(H,17,22). The zero-order valence-corrected chi connectivity index (χ0v) is 14.2. The van der Waals surface area contributed by atoms with E-state index in [2.05, 4.69) is 34.5 Å². The highest BCUT2D eigenvalue weighted by Crippen LogP contribution is 2.19. The van der Waals surface area contributed by atoms with Gasteiger partial charge in [-0.05, 0) is 24.6 Å². The minimum absolute atomic E-state index is 0.00866. The van der Waals surface area contributed by atoms with Crippen LogP contribution in [0.15, 0.2) is 24.3 Å². The van der Waals surface area contributed by atoms with Crippen LogP contribution in [0.2, 0.25) is 0 Å². The highest BCUT2D eigenvalue weighted by Gasteiger charge is 2.14. The summed E-state index contributed by atoms with van der Waals surface area (Å²) in [5, 5.41) is 16.6. The molecule has 0 radical (unpaired) electrons. The van der Waals surface area contributed by atoms with Gasteiger partial charge in [-0.2, -0.15) is 9.61 Å². The van der Waals surface area contributed by atoms with Crippen LogP contribution in [0.25, 0.3) is 4.96 Å². The van der Waals surface area contributed by atoms with Crippen LogP contribution in [-0.2, 0) is 11.2 Å². The number of anilines is 1. The van der Waals surface area contributed by atoms with Crippen molar-refractivity contribution < 1.29 is 4.79 Å². The summed E-state index contributed by atoms with van der Waals surface area (Å²) in [7, 11) is 0. The van der Waals surface area contributed by atoms with E-state index in [4.69, 9.17) is 0 Å². The van der Waals surface area contributed by atoms with Gasteiger partial charge in [0.1, 0.15) is 5.01 Å². The molecule has 0 saturated carbocycles. The molecule has 2 heterocycles. The molecule has 0 atom stereocenters. The van der Waals surface area contributed by atoms with Gasteiger partial charge in [-0.1, -0.05) is 37.3 Å². The Hall–Kier alpha value is -2.28. The summed E-state index contributed by atoms with van der Waals surface area (Å²) >= 11 is 1.48. The number of nitrogens with one attached hydrogen (secondary N) is 1. The largest absolute Gasteiger partial charge is 0.326 e. The van der Waals surface area contributed by atoms with Gasteiger partial charge in [0, 0.05) is 24.4 Å². The Bertz CT molecular complexity index is 836. The molecule has 0 aliphatic rings. The summed E-state index contributed by atoms with van der Waals surface area (Å²) < 4.78 is 1.78. The Balaban J connectivity index is 1.62. The Morgan fingerprint density at radius 3 is 2.91 bits per heavy atom. The third-order valence-corrected chi connectivity index (χ3v) is 4.40. The second-order valence-electron chi connectivity index (χ2n) is 5.82. The smallest absolute Gasteiger partial charge is 0.234 e. The number of carbonyl (C=O) groups excluding carboxylic acids is 1. The first kappa shape index (κ1) is 15.6. The quantitative estimate of drug-likeness (QED) is 0.780. The minimum atomic E-state index is -0.00866. The van der Waals surface area contributed by atoms with E-state index >= 15 is 0 Å². The van der Waals surface area contributed by atoms with E-state index in [0.717, 1.165) is 27.0 Å². The van der Waals surface area contributed by atoms with E-state index in [0.29, 0.717) is 12.8 Å². The topological polar surface area (TPSA) is 72.2 Å². The highest BCUT2D eigenvalue weighted by molar-refractivity contribution is 7.16. The second-order valence-corrected chi connectivity index (χ2v) is 6.86. The summed E-state index contributed by atoms with van der Waals surface area (Å²) in [5.41, 5.74) is 1.95. The van der Waals surface area contributed by atoms with Crippen LogP contribution < -0.4 is 5.32 Å². The van der Waals surface area contributed by atoms with Crippen molar-refractivity contribution in [2.75, 3.05) is 5.32 Å². The number of hydrogen-bond acceptors (Lipinski definition) is 5. The van der Waals surface area contributed by atoms with Crippen molar-refractivity contribution in [3.63, 3.8) is 0 Å².